The molecule has 0 radical (unpaired) electrons. The lowest BCUT2D eigenvalue weighted by Gasteiger charge is -2.50. The summed E-state index contributed by atoms with van der Waals surface area (Å²) in [5.41, 5.74) is 2.70. The molecule has 182 valence electrons. The smallest absolute Gasteiger partial charge is 0.326 e. The van der Waals surface area contributed by atoms with Gasteiger partial charge in [0.25, 0.3) is 0 Å². The first-order valence-corrected chi connectivity index (χ1v) is 11.7. The van der Waals surface area contributed by atoms with Gasteiger partial charge in [-0.15, -0.1) is 0 Å². The number of hydrogen-bond donors (Lipinski definition) is 3. The Hall–Kier alpha value is -3.81. The highest BCUT2D eigenvalue weighted by Crippen LogP contribution is 2.49. The first-order valence-electron chi connectivity index (χ1n) is 11.7. The Kier molecular flexibility index (Phi) is 5.54. The molecule has 1 fully saturated rings. The van der Waals surface area contributed by atoms with E-state index in [4.69, 9.17) is 4.74 Å². The van der Waals surface area contributed by atoms with Crippen LogP contribution in [0.15, 0.2) is 59.8 Å². The number of aromatic hydroxyl groups is 1. The van der Waals surface area contributed by atoms with Crippen LogP contribution in [0.4, 0.5) is 4.79 Å². The number of methoxy groups -OCH3 is 1. The van der Waals surface area contributed by atoms with Crippen LogP contribution in [0.1, 0.15) is 43.7 Å². The lowest BCUT2D eigenvalue weighted by molar-refractivity contribution is -0.130. The van der Waals surface area contributed by atoms with Crippen molar-refractivity contribution in [1.29, 1.82) is 0 Å². The number of benzene rings is 2. The average Bonchev–Trinajstić information content (AvgIpc) is 2.80. The number of urea groups is 1. The number of fused-ring (bicyclic) bond motifs is 1. The van der Waals surface area contributed by atoms with Crippen LogP contribution in [-0.4, -0.2) is 41.0 Å². The first-order chi connectivity index (χ1) is 16.7. The van der Waals surface area contributed by atoms with Crippen molar-refractivity contribution in [2.24, 2.45) is 11.3 Å². The molecule has 3 amide bonds. The molecule has 0 aromatic heterocycles. The molecule has 1 saturated heterocycles. The summed E-state index contributed by atoms with van der Waals surface area (Å²) in [4.78, 5) is 41.5. The Bertz CT molecular complexity index is 1240. The maximum Gasteiger partial charge on any atom is 0.326 e. The van der Waals surface area contributed by atoms with E-state index in [1.165, 1.54) is 13.2 Å². The molecular formula is C27H29N3O5. The minimum absolute atomic E-state index is 0.0152. The van der Waals surface area contributed by atoms with Crippen molar-refractivity contribution in [2.75, 3.05) is 7.11 Å². The van der Waals surface area contributed by atoms with E-state index in [-0.39, 0.29) is 22.7 Å². The highest BCUT2D eigenvalue weighted by atomic mass is 16.5. The van der Waals surface area contributed by atoms with Gasteiger partial charge in [-0.25, -0.2) is 4.79 Å². The van der Waals surface area contributed by atoms with Crippen LogP contribution in [0, 0.1) is 11.3 Å². The van der Waals surface area contributed by atoms with Gasteiger partial charge in [0.1, 0.15) is 6.17 Å². The fraction of sp³-hybridized carbons (Fsp3) is 0.370. The number of Topliss-reactive ketones (excluding diaryl/α,β-unsaturated/α-hetero) is 1. The van der Waals surface area contributed by atoms with E-state index in [1.807, 2.05) is 44.2 Å². The second-order valence-corrected chi connectivity index (χ2v) is 10.3. The largest absolute Gasteiger partial charge is 0.504 e. The van der Waals surface area contributed by atoms with E-state index in [2.05, 4.69) is 10.6 Å². The quantitative estimate of drug-likeness (QED) is 0.625. The van der Waals surface area contributed by atoms with Gasteiger partial charge in [0, 0.05) is 30.2 Å². The third kappa shape index (κ3) is 4.03. The van der Waals surface area contributed by atoms with Crippen molar-refractivity contribution < 1.29 is 24.2 Å². The molecule has 8 nitrogen and oxygen atoms in total. The number of amides is 3. The molecule has 35 heavy (non-hydrogen) atoms. The van der Waals surface area contributed by atoms with Gasteiger partial charge < -0.3 is 15.2 Å². The van der Waals surface area contributed by atoms with Gasteiger partial charge in [-0.3, -0.25) is 19.8 Å². The fourth-order valence-corrected chi connectivity index (χ4v) is 5.62. The Morgan fingerprint density at radius 2 is 1.83 bits per heavy atom. The zero-order valence-corrected chi connectivity index (χ0v) is 20.0. The summed E-state index contributed by atoms with van der Waals surface area (Å²) in [5.74, 6) is -1.55. The van der Waals surface area contributed by atoms with Gasteiger partial charge in [0.2, 0.25) is 5.91 Å². The van der Waals surface area contributed by atoms with E-state index in [9.17, 15) is 19.5 Å². The highest BCUT2D eigenvalue weighted by molar-refractivity contribution is 6.04. The lowest BCUT2D eigenvalue weighted by atomic mass is 9.65. The fourth-order valence-electron chi connectivity index (χ4n) is 5.62. The maximum atomic E-state index is 13.5. The van der Waals surface area contributed by atoms with Crippen LogP contribution in [0.3, 0.4) is 0 Å². The molecule has 0 saturated carbocycles. The van der Waals surface area contributed by atoms with Crippen molar-refractivity contribution in [2.45, 2.75) is 45.3 Å². The number of rotatable bonds is 4. The van der Waals surface area contributed by atoms with Crippen molar-refractivity contribution in [3.63, 3.8) is 0 Å². The molecule has 0 spiro atoms. The third-order valence-electron chi connectivity index (χ3n) is 7.14. The second kappa shape index (κ2) is 8.45. The Morgan fingerprint density at radius 3 is 2.54 bits per heavy atom. The number of ketones is 1. The van der Waals surface area contributed by atoms with Crippen LogP contribution in [-0.2, 0) is 16.1 Å². The number of allylic oxidation sites excluding steroid dienone is 2. The molecule has 3 N–H and O–H groups in total. The molecule has 3 unspecified atom stereocenters. The molecule has 1 aliphatic carbocycles. The maximum absolute atomic E-state index is 13.5. The minimum atomic E-state index is -0.741. The molecule has 0 bridgehead atoms. The average molecular weight is 476 g/mol. The minimum Gasteiger partial charge on any atom is -0.504 e. The number of nitrogens with one attached hydrogen (secondary N) is 2. The number of carbonyl (C=O) groups excluding carboxylic acids is 3. The van der Waals surface area contributed by atoms with Crippen molar-refractivity contribution >= 4 is 17.7 Å². The summed E-state index contributed by atoms with van der Waals surface area (Å²) in [6, 6.07) is 14.0. The molecule has 2 heterocycles. The van der Waals surface area contributed by atoms with E-state index in [1.54, 1.807) is 17.0 Å². The van der Waals surface area contributed by atoms with Crippen molar-refractivity contribution in [3.05, 3.63) is 70.9 Å². The zero-order chi connectivity index (χ0) is 24.9. The van der Waals surface area contributed by atoms with Gasteiger partial charge in [-0.2, -0.15) is 0 Å². The summed E-state index contributed by atoms with van der Waals surface area (Å²) in [6.45, 7) is 4.39. The topological polar surface area (TPSA) is 108 Å². The van der Waals surface area contributed by atoms with Crippen LogP contribution in [0.25, 0.3) is 0 Å². The predicted octanol–water partition coefficient (Wildman–Crippen LogP) is 3.43. The van der Waals surface area contributed by atoms with Crippen LogP contribution >= 0.6 is 0 Å². The van der Waals surface area contributed by atoms with Gasteiger partial charge in [-0.05, 0) is 35.1 Å². The summed E-state index contributed by atoms with van der Waals surface area (Å²) in [5, 5.41) is 16.1. The summed E-state index contributed by atoms with van der Waals surface area (Å²) < 4.78 is 5.32. The summed E-state index contributed by atoms with van der Waals surface area (Å²) >= 11 is 0. The Labute approximate surface area is 204 Å². The lowest BCUT2D eigenvalue weighted by Crippen LogP contribution is -2.67. The zero-order valence-electron chi connectivity index (χ0n) is 20.0. The van der Waals surface area contributed by atoms with E-state index in [0.717, 1.165) is 11.3 Å². The number of phenolic OH excluding ortho intramolecular Hbond substituents is 1. The second-order valence-electron chi connectivity index (χ2n) is 10.3. The van der Waals surface area contributed by atoms with Gasteiger partial charge in [0.05, 0.1) is 13.0 Å². The Morgan fingerprint density at radius 1 is 1.09 bits per heavy atom. The SMILES string of the molecule is COc1cc(C2C3=C(CC(C)(C)CC3=O)NC3C2C(=O)NC(=O)N3Cc2ccccc2)ccc1O. The molecule has 3 atom stereocenters. The molecule has 2 aromatic rings. The number of nitrogens with zero attached hydrogens (tertiary/aromatic N) is 1. The number of imide groups is 1. The normalized spacial score (nSPS) is 25.4. The Balaban J connectivity index is 1.66. The molecule has 3 aliphatic rings. The predicted molar refractivity (Wildman–Crippen MR) is 128 cm³/mol. The van der Waals surface area contributed by atoms with Crippen LogP contribution < -0.4 is 15.4 Å². The number of ether oxygens (including phenoxy) is 1. The summed E-state index contributed by atoms with van der Waals surface area (Å²) in [7, 11) is 1.45. The number of carbonyl (C=O) groups is 3. The van der Waals surface area contributed by atoms with Crippen molar-refractivity contribution in [3.8, 4) is 11.5 Å². The van der Waals surface area contributed by atoms with Gasteiger partial charge >= 0.3 is 6.03 Å². The molecule has 5 rings (SSSR count). The van der Waals surface area contributed by atoms with Crippen LogP contribution in [0.5, 0.6) is 11.5 Å². The molecule has 2 aromatic carbocycles. The van der Waals surface area contributed by atoms with Crippen molar-refractivity contribution in [1.82, 2.24) is 15.5 Å². The third-order valence-corrected chi connectivity index (χ3v) is 7.14. The van der Waals surface area contributed by atoms with E-state index >= 15 is 0 Å². The monoisotopic (exact) mass is 475 g/mol. The van der Waals surface area contributed by atoms with E-state index in [0.29, 0.717) is 30.5 Å². The molecule has 2 aliphatic heterocycles. The van der Waals surface area contributed by atoms with Crippen LogP contribution in [0.2, 0.25) is 0 Å². The standard InChI is InChI=1S/C27H29N3O5/c1-27(2)12-17-22(19(32)13-27)21(16-9-10-18(31)20(11-16)35-3)23-24(28-17)30(26(34)29-25(23)33)14-15-7-5-4-6-8-15/h4-11,21,23-24,28,31H,12-14H2,1-3H3,(H,29,33,34). The number of hydrogen-bond acceptors (Lipinski definition) is 6. The van der Waals surface area contributed by atoms with E-state index < -0.39 is 29.9 Å². The van der Waals surface area contributed by atoms with Gasteiger partial charge in [0.15, 0.2) is 17.3 Å². The molecular weight excluding hydrogens is 446 g/mol. The van der Waals surface area contributed by atoms with Gasteiger partial charge in [-0.1, -0.05) is 50.2 Å². The molecule has 8 heteroatoms. The summed E-state index contributed by atoms with van der Waals surface area (Å²) in [6.07, 6.45) is 0.352. The number of phenols is 1. The highest BCUT2D eigenvalue weighted by Gasteiger charge is 2.53. The first kappa shape index (κ1) is 23.0.